The molecule has 0 heterocycles. The molecule has 3 fully saturated rings. The Balaban J connectivity index is -0.000000160. The third-order valence-corrected chi connectivity index (χ3v) is 15.6. The summed E-state index contributed by atoms with van der Waals surface area (Å²) in [5.74, 6) is 0. The molecule has 0 amide bonds. The van der Waals surface area contributed by atoms with Gasteiger partial charge in [0.15, 0.2) is 0 Å². The van der Waals surface area contributed by atoms with Crippen molar-refractivity contribution < 1.29 is 88.4 Å². The molecule has 0 saturated heterocycles. The van der Waals surface area contributed by atoms with Crippen molar-refractivity contribution in [3.63, 3.8) is 0 Å². The molecule has 0 N–H and O–H groups in total. The van der Waals surface area contributed by atoms with Crippen molar-refractivity contribution in [2.45, 2.75) is 113 Å². The fourth-order valence-electron chi connectivity index (χ4n) is 7.21. The van der Waals surface area contributed by atoms with Crippen LogP contribution in [0.25, 0.3) is 0 Å². The summed E-state index contributed by atoms with van der Waals surface area (Å²) >= 11 is 7.92. The maximum Gasteiger partial charge on any atom is 0 e. The molecule has 3 saturated carbocycles. The molecule has 0 unspecified atom stereocenters. The van der Waals surface area contributed by atoms with Crippen molar-refractivity contribution in [1.29, 1.82) is 0 Å². The van der Waals surface area contributed by atoms with Crippen LogP contribution in [0.2, 0.25) is 0 Å². The monoisotopic (exact) mass is 1140 g/mol. The molecule has 3 aromatic rings. The molecule has 6 nitrogen and oxygen atoms in total. The standard InChI is InChI=1S/C18H33P.C18H15P.6CO.CS2.Au.Mn.Mo/c2*1-4-10-16(11-5-1)19(17-12-6-2-7-13-17)18-14-8-3-9-15-18;6*1-2;2-1-3;;;/h16-18H,1-15H2;1-15H;;;;;;;;;;. The van der Waals surface area contributed by atoms with Crippen LogP contribution in [-0.4, -0.2) is 21.3 Å². The van der Waals surface area contributed by atoms with Gasteiger partial charge in [-0.3, -0.25) is 0 Å². The molecule has 302 valence electrons. The number of hydrogen-bond donors (Lipinski definition) is 0. The summed E-state index contributed by atoms with van der Waals surface area (Å²) in [7, 11) is -0.0611. The zero-order valence-electron chi connectivity index (χ0n) is 31.2. The van der Waals surface area contributed by atoms with E-state index in [-0.39, 0.29) is 60.5 Å². The Morgan fingerprint density at radius 1 is 0.411 bits per heavy atom. The Morgan fingerprint density at radius 3 is 0.768 bits per heavy atom. The van der Waals surface area contributed by atoms with Crippen LogP contribution in [0, 0.1) is 39.9 Å². The maximum atomic E-state index is 7.50. The fraction of sp³-hybridized carbons (Fsp3) is 0.419. The molecular weight excluding hydrogens is 1090 g/mol. The average molecular weight is 1130 g/mol. The third-order valence-electron chi connectivity index (χ3n) is 9.03. The summed E-state index contributed by atoms with van der Waals surface area (Å²) in [4.78, 5) is 0. The summed E-state index contributed by atoms with van der Waals surface area (Å²) in [6.45, 7) is 27.0. The quantitative estimate of drug-likeness (QED) is 0.0803. The van der Waals surface area contributed by atoms with Crippen molar-refractivity contribution >= 4 is 60.5 Å². The second kappa shape index (κ2) is 52.1. The van der Waals surface area contributed by atoms with E-state index in [4.69, 9.17) is 27.9 Å². The van der Waals surface area contributed by atoms with Gasteiger partial charge in [0.05, 0.1) is 0 Å². The molecule has 13 heteroatoms. The van der Waals surface area contributed by atoms with E-state index in [2.05, 4.69) is 155 Å². The van der Waals surface area contributed by atoms with Gasteiger partial charge in [-0.25, -0.2) is 0 Å². The van der Waals surface area contributed by atoms with Gasteiger partial charge in [-0.05, 0) is 104 Å². The topological polar surface area (TPSA) is 119 Å². The second-order valence-electron chi connectivity index (χ2n) is 11.7. The molecule has 0 bridgehead atoms. The molecule has 2 radical (unpaired) electrons. The van der Waals surface area contributed by atoms with Crippen molar-refractivity contribution in [3.05, 3.63) is 131 Å². The Bertz CT molecular complexity index is 1240. The smallest absolute Gasteiger partial charge is 0 e. The Kier molecular flexibility index (Phi) is 62.3. The van der Waals surface area contributed by atoms with Gasteiger partial charge in [0.1, 0.15) is 0 Å². The average Bonchev–Trinajstić information content (AvgIpc) is 3.28. The van der Waals surface area contributed by atoms with Gasteiger partial charge in [-0.2, -0.15) is 0 Å². The van der Waals surface area contributed by atoms with E-state index in [1.54, 1.807) is 77.0 Å². The maximum absolute atomic E-state index is 7.50. The predicted octanol–water partition coefficient (Wildman–Crippen LogP) is 10.7. The van der Waals surface area contributed by atoms with Gasteiger partial charge in [0, 0.05) is 64.8 Å². The van der Waals surface area contributed by atoms with Crippen LogP contribution >= 0.6 is 40.3 Å². The van der Waals surface area contributed by atoms with Gasteiger partial charge in [-0.15, -0.1) is 0 Å². The van der Waals surface area contributed by atoms with Crippen LogP contribution in [0.1, 0.15) is 96.3 Å². The third kappa shape index (κ3) is 28.5. The minimum Gasteiger partial charge on any atom is -0.0622 e. The van der Waals surface area contributed by atoms with Crippen LogP contribution in [0.15, 0.2) is 91.0 Å². The number of hydrogen-bond acceptors (Lipinski definition) is 2. The summed E-state index contributed by atoms with van der Waals surface area (Å²) < 4.78 is 46.9. The van der Waals surface area contributed by atoms with Crippen molar-refractivity contribution in [3.8, 4) is 0 Å². The van der Waals surface area contributed by atoms with E-state index in [1.807, 2.05) is 4.31 Å². The Morgan fingerprint density at radius 2 is 0.589 bits per heavy atom. The van der Waals surface area contributed by atoms with Crippen LogP contribution in [-0.2, 0) is 88.4 Å². The number of thiocarbonyl (C=S) groups is 2. The first-order valence-corrected chi connectivity index (χ1v) is 21.0. The molecule has 3 aliphatic rings. The first kappa shape index (κ1) is 66.9. The zero-order valence-corrected chi connectivity index (χ0v) is 40.0. The normalized spacial score (nSPS) is 13.8. The summed E-state index contributed by atoms with van der Waals surface area (Å²) in [6.07, 6.45) is 23.6. The Hall–Kier alpha value is -0.872. The van der Waals surface area contributed by atoms with E-state index >= 15 is 0 Å². The van der Waals surface area contributed by atoms with Gasteiger partial charge < -0.3 is 0 Å². The van der Waals surface area contributed by atoms with Crippen molar-refractivity contribution in [1.82, 2.24) is 0 Å². The van der Waals surface area contributed by atoms with Crippen molar-refractivity contribution in [2.24, 2.45) is 0 Å². The predicted molar refractivity (Wildman–Crippen MR) is 216 cm³/mol. The minimum atomic E-state index is -0.446. The zero-order chi connectivity index (χ0) is 40.5. The molecule has 0 atom stereocenters. The van der Waals surface area contributed by atoms with Gasteiger partial charge in [0.25, 0.3) is 0 Å². The molecule has 3 aliphatic carbocycles. The van der Waals surface area contributed by atoms with E-state index < -0.39 is 7.92 Å². The first-order valence-electron chi connectivity index (χ1n) is 17.3. The molecule has 0 aliphatic heterocycles. The number of rotatable bonds is 6. The molecule has 6 rings (SSSR count). The molecule has 56 heavy (non-hydrogen) atoms. The van der Waals surface area contributed by atoms with E-state index in [9.17, 15) is 0 Å². The largest absolute Gasteiger partial charge is 0.0622 e. The summed E-state index contributed by atoms with van der Waals surface area (Å²) in [5, 5.41) is 4.19. The van der Waals surface area contributed by atoms with Crippen LogP contribution in [0.5, 0.6) is 0 Å². The Labute approximate surface area is 389 Å². The molecule has 0 aromatic heterocycles. The molecule has 3 aromatic carbocycles. The van der Waals surface area contributed by atoms with Crippen LogP contribution in [0.4, 0.5) is 0 Å². The first-order chi connectivity index (χ1) is 26.3. The molecule has 0 spiro atoms. The van der Waals surface area contributed by atoms with E-state index in [0.717, 1.165) is 0 Å². The van der Waals surface area contributed by atoms with Crippen LogP contribution < -0.4 is 15.9 Å². The minimum absolute atomic E-state index is 0. The SMILES string of the molecule is C1CCC(P(C2CCCCC2)C2CCCCC2)CC1.S=C=S.[Au].[C-]#[O+].[C-]#[O+].[C-]#[O+].[C-]#[O+].[C-]#[O+].[C-]#[O+].[Mn].[Mo].c1ccc(P(c2ccccc2)c2ccccc2)cc1. The van der Waals surface area contributed by atoms with Gasteiger partial charge in [-0.1, -0.05) is 157 Å². The van der Waals surface area contributed by atoms with E-state index in [1.165, 1.54) is 52.2 Å². The molecular formula is C43H48AuMnMoO6P2S2. The second-order valence-corrected chi connectivity index (χ2v) is 17.7. The summed E-state index contributed by atoms with van der Waals surface area (Å²) in [5.41, 5.74) is 3.57. The van der Waals surface area contributed by atoms with Gasteiger partial charge in [0.2, 0.25) is 0 Å². The van der Waals surface area contributed by atoms with Crippen LogP contribution in [0.3, 0.4) is 0 Å². The van der Waals surface area contributed by atoms with E-state index in [0.29, 0.717) is 7.92 Å². The fourth-order valence-corrected chi connectivity index (χ4v) is 14.2. The summed E-state index contributed by atoms with van der Waals surface area (Å²) in [6, 6.07) is 32.3. The number of benzene rings is 3. The van der Waals surface area contributed by atoms with Gasteiger partial charge >= 0.3 is 67.8 Å². The van der Waals surface area contributed by atoms with Crippen molar-refractivity contribution in [2.75, 3.05) is 0 Å².